The van der Waals surface area contributed by atoms with Crippen LogP contribution in [0.2, 0.25) is 0 Å². The average molecular weight is 704 g/mol. The van der Waals surface area contributed by atoms with Gasteiger partial charge in [0.05, 0.1) is 24.1 Å². The standard InChI is InChI=1S/C32H38FN5O10S/c1-3-47-30(41)32(16-22(32)10-6-7-14-37(20(2)39)49(45,46)28-13-5-4-12-27(28)38(43)44)35-29(40)26-15-23(17-34-26)48-31(42)36-18-21-9-8-11-25(33)24(21)19-36/h4-6,8-13,20,22-23,26,34,39H,3,7,14-19H2,1-2H3,(H,35,40)/b10-6-/t20?,22-,23-,26+,32-/m1/s1. The summed E-state index contributed by atoms with van der Waals surface area (Å²) >= 11 is 0. The Morgan fingerprint density at radius 2 is 2.00 bits per heavy atom. The second-order valence-electron chi connectivity index (χ2n) is 12.1. The first-order valence-corrected chi connectivity index (χ1v) is 17.3. The van der Waals surface area contributed by atoms with E-state index in [0.29, 0.717) is 11.1 Å². The lowest BCUT2D eigenvalue weighted by Crippen LogP contribution is -2.51. The number of nitro benzene ring substituents is 1. The summed E-state index contributed by atoms with van der Waals surface area (Å²) in [6.07, 6.45) is 0.967. The first-order valence-electron chi connectivity index (χ1n) is 15.8. The van der Waals surface area contributed by atoms with Crippen LogP contribution in [0.25, 0.3) is 0 Å². The lowest BCUT2D eigenvalue weighted by atomic mass is 10.1. The molecular weight excluding hydrogens is 665 g/mol. The maximum atomic E-state index is 14.1. The molecule has 2 aliphatic heterocycles. The molecule has 1 aliphatic carbocycles. The van der Waals surface area contributed by atoms with Gasteiger partial charge in [-0.2, -0.15) is 4.31 Å². The summed E-state index contributed by atoms with van der Waals surface area (Å²) in [5, 5.41) is 27.5. The van der Waals surface area contributed by atoms with Crippen molar-refractivity contribution >= 4 is 33.7 Å². The molecule has 1 unspecified atom stereocenters. The number of aliphatic hydroxyl groups excluding tert-OH is 1. The number of amides is 2. The Hall–Kier alpha value is -4.45. The van der Waals surface area contributed by atoms with Crippen molar-refractivity contribution in [2.75, 3.05) is 19.7 Å². The van der Waals surface area contributed by atoms with E-state index in [2.05, 4.69) is 10.6 Å². The van der Waals surface area contributed by atoms with Gasteiger partial charge >= 0.3 is 12.1 Å². The molecule has 5 rings (SSSR count). The number of ether oxygens (including phenoxy) is 2. The molecule has 2 fully saturated rings. The lowest BCUT2D eigenvalue weighted by Gasteiger charge is -2.24. The quantitative estimate of drug-likeness (QED) is 0.0910. The molecule has 2 heterocycles. The van der Waals surface area contributed by atoms with Gasteiger partial charge in [-0.1, -0.05) is 36.4 Å². The number of aliphatic hydroxyl groups is 1. The van der Waals surface area contributed by atoms with Crippen LogP contribution in [0.1, 0.15) is 44.2 Å². The number of halogens is 1. The van der Waals surface area contributed by atoms with Crippen LogP contribution in [-0.2, 0) is 42.2 Å². The number of fused-ring (bicyclic) bond motifs is 1. The van der Waals surface area contributed by atoms with Crippen LogP contribution in [0.4, 0.5) is 14.9 Å². The fourth-order valence-electron chi connectivity index (χ4n) is 6.16. The van der Waals surface area contributed by atoms with E-state index in [1.165, 1.54) is 30.0 Å². The molecule has 0 bridgehead atoms. The summed E-state index contributed by atoms with van der Waals surface area (Å²) in [4.78, 5) is 50.5. The molecule has 264 valence electrons. The molecular formula is C32H38FN5O10S. The molecule has 2 aromatic rings. The molecule has 3 N–H and O–H groups in total. The topological polar surface area (TPSA) is 198 Å². The van der Waals surface area contributed by atoms with Crippen molar-refractivity contribution in [3.63, 3.8) is 0 Å². The Labute approximate surface area is 282 Å². The van der Waals surface area contributed by atoms with E-state index in [1.807, 2.05) is 0 Å². The monoisotopic (exact) mass is 703 g/mol. The van der Waals surface area contributed by atoms with Crippen molar-refractivity contribution in [2.45, 2.75) is 75.0 Å². The van der Waals surface area contributed by atoms with Crippen molar-refractivity contribution in [1.29, 1.82) is 0 Å². The third kappa shape index (κ3) is 7.59. The Kier molecular flexibility index (Phi) is 10.7. The van der Waals surface area contributed by atoms with E-state index < -0.39 is 73.3 Å². The minimum atomic E-state index is -4.44. The summed E-state index contributed by atoms with van der Waals surface area (Å²) in [5.41, 5.74) is -0.819. The van der Waals surface area contributed by atoms with Gasteiger partial charge in [0.25, 0.3) is 15.7 Å². The van der Waals surface area contributed by atoms with Crippen molar-refractivity contribution in [2.24, 2.45) is 5.92 Å². The summed E-state index contributed by atoms with van der Waals surface area (Å²) < 4.78 is 52.2. The van der Waals surface area contributed by atoms with Crippen LogP contribution in [0.3, 0.4) is 0 Å². The van der Waals surface area contributed by atoms with Gasteiger partial charge in [-0.05, 0) is 44.4 Å². The highest BCUT2D eigenvalue weighted by Gasteiger charge is 2.61. The van der Waals surface area contributed by atoms with E-state index in [9.17, 15) is 42.4 Å². The van der Waals surface area contributed by atoms with E-state index in [1.54, 1.807) is 31.2 Å². The zero-order valence-electron chi connectivity index (χ0n) is 26.9. The minimum absolute atomic E-state index is 0.0731. The smallest absolute Gasteiger partial charge is 0.410 e. The molecule has 3 aliphatic rings. The molecule has 15 nitrogen and oxygen atoms in total. The fraction of sp³-hybridized carbons (Fsp3) is 0.469. The van der Waals surface area contributed by atoms with Crippen molar-refractivity contribution in [3.8, 4) is 0 Å². The minimum Gasteiger partial charge on any atom is -0.464 e. The maximum absolute atomic E-state index is 14.1. The van der Waals surface area contributed by atoms with Crippen LogP contribution < -0.4 is 10.6 Å². The van der Waals surface area contributed by atoms with Crippen LogP contribution in [-0.4, -0.2) is 89.2 Å². The third-order valence-corrected chi connectivity index (χ3v) is 10.8. The molecule has 17 heteroatoms. The van der Waals surface area contributed by atoms with E-state index in [-0.39, 0.29) is 57.9 Å². The van der Waals surface area contributed by atoms with Gasteiger partial charge < -0.3 is 25.2 Å². The number of sulfonamides is 1. The molecule has 0 spiro atoms. The first kappa shape index (κ1) is 35.8. The Morgan fingerprint density at radius 1 is 1.24 bits per heavy atom. The number of benzene rings is 2. The summed E-state index contributed by atoms with van der Waals surface area (Å²) in [6.45, 7) is 3.21. The number of hydrogen-bond acceptors (Lipinski definition) is 11. The number of nitrogens with one attached hydrogen (secondary N) is 2. The number of nitrogens with zero attached hydrogens (tertiary/aromatic N) is 3. The number of esters is 1. The highest BCUT2D eigenvalue weighted by Crippen LogP contribution is 2.46. The molecule has 2 aromatic carbocycles. The Morgan fingerprint density at radius 3 is 2.69 bits per heavy atom. The van der Waals surface area contributed by atoms with Crippen molar-refractivity contribution in [1.82, 2.24) is 19.8 Å². The van der Waals surface area contributed by atoms with Crippen LogP contribution in [0.15, 0.2) is 59.5 Å². The third-order valence-electron chi connectivity index (χ3n) is 8.81. The summed E-state index contributed by atoms with van der Waals surface area (Å²) in [5.74, 6) is -1.99. The second-order valence-corrected chi connectivity index (χ2v) is 14.0. The van der Waals surface area contributed by atoms with Crippen LogP contribution >= 0.6 is 0 Å². The Balaban J connectivity index is 1.17. The zero-order chi connectivity index (χ0) is 35.5. The molecule has 0 aromatic heterocycles. The number of carbonyl (C=O) groups is 3. The van der Waals surface area contributed by atoms with Gasteiger partial charge in [0, 0.05) is 43.6 Å². The highest BCUT2D eigenvalue weighted by molar-refractivity contribution is 7.89. The Bertz CT molecular complexity index is 1750. The normalized spacial score (nSPS) is 23.7. The fourth-order valence-corrected chi connectivity index (χ4v) is 7.82. The molecule has 5 atom stereocenters. The predicted molar refractivity (Wildman–Crippen MR) is 170 cm³/mol. The lowest BCUT2D eigenvalue weighted by molar-refractivity contribution is -0.387. The average Bonchev–Trinajstić information content (AvgIpc) is 3.36. The van der Waals surface area contributed by atoms with E-state index >= 15 is 0 Å². The molecule has 1 saturated heterocycles. The summed E-state index contributed by atoms with van der Waals surface area (Å²) in [7, 11) is -4.44. The molecule has 2 amide bonds. The number of rotatable bonds is 13. The predicted octanol–water partition coefficient (Wildman–Crippen LogP) is 2.33. The van der Waals surface area contributed by atoms with Gasteiger partial charge in [-0.25, -0.2) is 22.4 Å². The van der Waals surface area contributed by atoms with Crippen LogP contribution in [0.5, 0.6) is 0 Å². The second kappa shape index (κ2) is 14.6. The van der Waals surface area contributed by atoms with Crippen molar-refractivity contribution < 1.29 is 46.7 Å². The maximum Gasteiger partial charge on any atom is 0.410 e. The number of nitro groups is 1. The van der Waals surface area contributed by atoms with Gasteiger partial charge in [-0.15, -0.1) is 0 Å². The summed E-state index contributed by atoms with van der Waals surface area (Å²) in [6, 6.07) is 8.75. The highest BCUT2D eigenvalue weighted by atomic mass is 32.2. The molecule has 49 heavy (non-hydrogen) atoms. The molecule has 1 saturated carbocycles. The van der Waals surface area contributed by atoms with E-state index in [0.717, 1.165) is 16.4 Å². The number of hydrogen-bond donors (Lipinski definition) is 3. The van der Waals surface area contributed by atoms with Gasteiger partial charge in [-0.3, -0.25) is 19.8 Å². The first-order chi connectivity index (χ1) is 23.3. The van der Waals surface area contributed by atoms with E-state index in [4.69, 9.17) is 9.47 Å². The largest absolute Gasteiger partial charge is 0.464 e. The zero-order valence-corrected chi connectivity index (χ0v) is 27.7. The van der Waals surface area contributed by atoms with Crippen molar-refractivity contribution in [3.05, 3.63) is 81.7 Å². The van der Waals surface area contributed by atoms with Crippen LogP contribution in [0, 0.1) is 21.8 Å². The van der Waals surface area contributed by atoms with Gasteiger partial charge in [0.2, 0.25) is 5.91 Å². The molecule has 0 radical (unpaired) electrons. The number of carbonyl (C=O) groups excluding carboxylic acids is 3. The SMILES string of the molecule is CCOC(=O)[C@@]1(NC(=O)[C@@H]2C[C@@H](OC(=O)N3Cc4cccc(F)c4C3)CN2)C[C@H]1/C=C\CCN(C(C)O)S(=O)(=O)c1ccccc1[N+](=O)[O-]. The van der Waals surface area contributed by atoms with Gasteiger partial charge in [0.15, 0.2) is 4.90 Å². The number of para-hydroxylation sites is 1. The van der Waals surface area contributed by atoms with Gasteiger partial charge in [0.1, 0.15) is 23.7 Å².